The smallest absolute Gasteiger partial charge is 0.363 e. The topological polar surface area (TPSA) is 81.8 Å². The van der Waals surface area contributed by atoms with E-state index in [9.17, 15) is 19.3 Å². The molecule has 126 valence electrons. The summed E-state index contributed by atoms with van der Waals surface area (Å²) in [4.78, 5) is 26.5. The van der Waals surface area contributed by atoms with Gasteiger partial charge in [-0.2, -0.15) is 0 Å². The minimum Gasteiger partial charge on any atom is -0.402 e. The molecule has 0 spiro atoms. The number of esters is 1. The van der Waals surface area contributed by atoms with Gasteiger partial charge in [0.15, 0.2) is 5.70 Å². The van der Waals surface area contributed by atoms with Crippen LogP contribution < -0.4 is 0 Å². The third kappa shape index (κ3) is 3.48. The lowest BCUT2D eigenvalue weighted by Gasteiger charge is -2.01. The van der Waals surface area contributed by atoms with Gasteiger partial charge in [0.05, 0.1) is 4.92 Å². The van der Waals surface area contributed by atoms with Gasteiger partial charge in [-0.05, 0) is 37.3 Å². The molecule has 0 atom stereocenters. The molecule has 0 unspecified atom stereocenters. The number of aliphatic imine (C=N–C) groups is 1. The van der Waals surface area contributed by atoms with E-state index >= 15 is 0 Å². The molecular weight excluding hydrogens is 395 g/mol. The van der Waals surface area contributed by atoms with Gasteiger partial charge in [-0.25, -0.2) is 14.2 Å². The first-order chi connectivity index (χ1) is 11.8. The standard InChI is InChI=1S/C17H10BrFN2O4/c1-9-2-3-10(8-15(9)21(23)24)16-20-14(17(22)25-16)7-11-6-12(18)4-5-13(11)19/h2-8H,1H3/b14-7-. The third-order valence-corrected chi connectivity index (χ3v) is 4.02. The molecule has 6 nitrogen and oxygen atoms in total. The summed E-state index contributed by atoms with van der Waals surface area (Å²) in [6.07, 6.45) is 1.26. The monoisotopic (exact) mass is 404 g/mol. The van der Waals surface area contributed by atoms with E-state index in [1.54, 1.807) is 19.1 Å². The highest BCUT2D eigenvalue weighted by Gasteiger charge is 2.26. The fourth-order valence-electron chi connectivity index (χ4n) is 2.24. The number of carbonyl (C=O) groups is 1. The third-order valence-electron chi connectivity index (χ3n) is 3.52. The Bertz CT molecular complexity index is 969. The van der Waals surface area contributed by atoms with Crippen LogP contribution in [0.4, 0.5) is 10.1 Å². The Morgan fingerprint density at radius 2 is 2.04 bits per heavy atom. The molecule has 1 aliphatic rings. The first-order valence-electron chi connectivity index (χ1n) is 7.08. The maximum absolute atomic E-state index is 13.8. The Balaban J connectivity index is 2.01. The Kier molecular flexibility index (Phi) is 4.45. The fourth-order valence-corrected chi connectivity index (χ4v) is 2.62. The molecule has 3 rings (SSSR count). The van der Waals surface area contributed by atoms with Gasteiger partial charge in [0, 0.05) is 27.2 Å². The van der Waals surface area contributed by atoms with Crippen molar-refractivity contribution in [2.24, 2.45) is 4.99 Å². The predicted octanol–water partition coefficient (Wildman–Crippen LogP) is 4.15. The lowest BCUT2D eigenvalue weighted by molar-refractivity contribution is -0.385. The van der Waals surface area contributed by atoms with Crippen molar-refractivity contribution < 1.29 is 18.8 Å². The summed E-state index contributed by atoms with van der Waals surface area (Å²) >= 11 is 3.23. The summed E-state index contributed by atoms with van der Waals surface area (Å²) in [6, 6.07) is 8.68. The molecule has 0 saturated carbocycles. The van der Waals surface area contributed by atoms with Crippen LogP contribution in [0.1, 0.15) is 16.7 Å². The van der Waals surface area contributed by atoms with Crippen LogP contribution in [0.15, 0.2) is 51.6 Å². The highest BCUT2D eigenvalue weighted by Crippen LogP contribution is 2.25. The molecule has 1 aliphatic heterocycles. The van der Waals surface area contributed by atoms with Crippen LogP contribution in [0.5, 0.6) is 0 Å². The Hall–Kier alpha value is -2.87. The molecule has 0 amide bonds. The van der Waals surface area contributed by atoms with Crippen LogP contribution in [-0.4, -0.2) is 16.8 Å². The molecule has 2 aromatic rings. The van der Waals surface area contributed by atoms with Gasteiger partial charge in [-0.3, -0.25) is 10.1 Å². The number of aryl methyl sites for hydroxylation is 1. The first kappa shape index (κ1) is 17.0. The second kappa shape index (κ2) is 6.56. The van der Waals surface area contributed by atoms with E-state index in [2.05, 4.69) is 20.9 Å². The number of rotatable bonds is 3. The molecule has 0 N–H and O–H groups in total. The first-order valence-corrected chi connectivity index (χ1v) is 7.87. The highest BCUT2D eigenvalue weighted by molar-refractivity contribution is 9.10. The van der Waals surface area contributed by atoms with E-state index in [4.69, 9.17) is 4.74 Å². The van der Waals surface area contributed by atoms with Crippen LogP contribution in [0.2, 0.25) is 0 Å². The quantitative estimate of drug-likeness (QED) is 0.333. The van der Waals surface area contributed by atoms with Crippen molar-refractivity contribution in [3.05, 3.63) is 79.2 Å². The van der Waals surface area contributed by atoms with Gasteiger partial charge in [0.1, 0.15) is 5.82 Å². The van der Waals surface area contributed by atoms with Gasteiger partial charge >= 0.3 is 5.97 Å². The van der Waals surface area contributed by atoms with Crippen LogP contribution >= 0.6 is 15.9 Å². The summed E-state index contributed by atoms with van der Waals surface area (Å²) in [6.45, 7) is 1.60. The van der Waals surface area contributed by atoms with E-state index in [1.807, 2.05) is 0 Å². The number of carbonyl (C=O) groups excluding carboxylic acids is 1. The van der Waals surface area contributed by atoms with Gasteiger partial charge in [-0.15, -0.1) is 0 Å². The second-order valence-corrected chi connectivity index (χ2v) is 6.18. The molecular formula is C17H10BrFN2O4. The minimum absolute atomic E-state index is 0.0604. The zero-order valence-corrected chi connectivity index (χ0v) is 14.4. The van der Waals surface area contributed by atoms with Crippen LogP contribution in [0.3, 0.4) is 0 Å². The van der Waals surface area contributed by atoms with Crippen LogP contribution in [0.25, 0.3) is 6.08 Å². The minimum atomic E-state index is -0.752. The number of nitrogens with zero attached hydrogens (tertiary/aromatic N) is 2. The van der Waals surface area contributed by atoms with Crippen molar-refractivity contribution >= 4 is 39.6 Å². The van der Waals surface area contributed by atoms with Gasteiger partial charge < -0.3 is 4.74 Å². The molecule has 0 radical (unpaired) electrons. The Morgan fingerprint density at radius 3 is 2.76 bits per heavy atom. The van der Waals surface area contributed by atoms with Crippen molar-refractivity contribution in [3.8, 4) is 0 Å². The Morgan fingerprint density at radius 1 is 1.28 bits per heavy atom. The van der Waals surface area contributed by atoms with Gasteiger partial charge in [0.2, 0.25) is 5.90 Å². The van der Waals surface area contributed by atoms with Crippen LogP contribution in [-0.2, 0) is 9.53 Å². The van der Waals surface area contributed by atoms with E-state index in [0.717, 1.165) is 0 Å². The van der Waals surface area contributed by atoms with Crippen molar-refractivity contribution in [2.45, 2.75) is 6.92 Å². The predicted molar refractivity (Wildman–Crippen MR) is 92.5 cm³/mol. The van der Waals surface area contributed by atoms with E-state index in [1.165, 1.54) is 30.3 Å². The zero-order chi connectivity index (χ0) is 18.1. The number of nitro benzene ring substituents is 1. The van der Waals surface area contributed by atoms with E-state index in [0.29, 0.717) is 15.6 Å². The lowest BCUT2D eigenvalue weighted by Crippen LogP contribution is -2.06. The fraction of sp³-hybridized carbons (Fsp3) is 0.0588. The number of nitro groups is 1. The number of ether oxygens (including phenoxy) is 1. The largest absolute Gasteiger partial charge is 0.402 e. The molecule has 0 saturated heterocycles. The molecule has 25 heavy (non-hydrogen) atoms. The van der Waals surface area contributed by atoms with E-state index < -0.39 is 16.7 Å². The number of hydrogen-bond acceptors (Lipinski definition) is 5. The van der Waals surface area contributed by atoms with Crippen molar-refractivity contribution in [1.82, 2.24) is 0 Å². The molecule has 8 heteroatoms. The van der Waals surface area contributed by atoms with Crippen molar-refractivity contribution in [3.63, 3.8) is 0 Å². The maximum atomic E-state index is 13.8. The Labute approximate surface area is 149 Å². The van der Waals surface area contributed by atoms with Gasteiger partial charge in [-0.1, -0.05) is 22.0 Å². The summed E-state index contributed by atoms with van der Waals surface area (Å²) in [5, 5.41) is 11.0. The van der Waals surface area contributed by atoms with Crippen molar-refractivity contribution in [1.29, 1.82) is 0 Å². The number of cyclic esters (lactones) is 1. The average Bonchev–Trinajstić information content (AvgIpc) is 2.92. The SMILES string of the molecule is Cc1ccc(C2=N/C(=C\c3cc(Br)ccc3F)C(=O)O2)cc1[N+](=O)[O-]. The normalized spacial score (nSPS) is 15.2. The molecule has 1 heterocycles. The summed E-state index contributed by atoms with van der Waals surface area (Å²) in [7, 11) is 0. The summed E-state index contributed by atoms with van der Waals surface area (Å²) < 4.78 is 19.5. The molecule has 0 bridgehead atoms. The highest BCUT2D eigenvalue weighted by atomic mass is 79.9. The van der Waals surface area contributed by atoms with Crippen LogP contribution in [0, 0.1) is 22.9 Å². The molecule has 2 aromatic carbocycles. The summed E-state index contributed by atoms with van der Waals surface area (Å²) in [5.41, 5.74) is 0.748. The maximum Gasteiger partial charge on any atom is 0.363 e. The van der Waals surface area contributed by atoms with Gasteiger partial charge in [0.25, 0.3) is 5.69 Å². The number of hydrogen-bond donors (Lipinski definition) is 0. The summed E-state index contributed by atoms with van der Waals surface area (Å²) in [5.74, 6) is -1.33. The molecule has 0 aliphatic carbocycles. The lowest BCUT2D eigenvalue weighted by atomic mass is 10.1. The average molecular weight is 405 g/mol. The van der Waals surface area contributed by atoms with Crippen molar-refractivity contribution in [2.75, 3.05) is 0 Å². The molecule has 0 aromatic heterocycles. The number of halogens is 2. The molecule has 0 fully saturated rings. The second-order valence-electron chi connectivity index (χ2n) is 5.26. The van der Waals surface area contributed by atoms with E-state index in [-0.39, 0.29) is 22.8 Å². The number of benzene rings is 2. The zero-order valence-electron chi connectivity index (χ0n) is 12.8.